The predicted molar refractivity (Wildman–Crippen MR) is 127 cm³/mol. The maximum atomic E-state index is 13.7. The van der Waals surface area contributed by atoms with Gasteiger partial charge in [0.05, 0.1) is 10.9 Å². The van der Waals surface area contributed by atoms with Crippen LogP contribution in [0.4, 0.5) is 11.5 Å². The van der Waals surface area contributed by atoms with Crippen LogP contribution in [0.2, 0.25) is 0 Å². The SMILES string of the molecule is Cc1ccc(C)c(N2CCN(C(=O)c3c(C)oc4ncnc(N5CCCCC5)c34)CC2)c1. The Labute approximate surface area is 189 Å². The van der Waals surface area contributed by atoms with Crippen LogP contribution < -0.4 is 9.80 Å². The van der Waals surface area contributed by atoms with Crippen molar-refractivity contribution in [1.82, 2.24) is 14.9 Å². The van der Waals surface area contributed by atoms with Gasteiger partial charge in [0, 0.05) is 45.0 Å². The van der Waals surface area contributed by atoms with E-state index in [2.05, 4.69) is 51.8 Å². The summed E-state index contributed by atoms with van der Waals surface area (Å²) < 4.78 is 5.93. The molecule has 7 heteroatoms. The van der Waals surface area contributed by atoms with E-state index in [1.807, 2.05) is 11.8 Å². The number of piperazine rings is 1. The Balaban J connectivity index is 1.41. The molecule has 5 rings (SSSR count). The maximum absolute atomic E-state index is 13.7. The molecule has 2 fully saturated rings. The minimum absolute atomic E-state index is 0.0231. The van der Waals surface area contributed by atoms with Gasteiger partial charge in [0.25, 0.3) is 5.91 Å². The molecule has 0 saturated carbocycles. The van der Waals surface area contributed by atoms with Crippen molar-refractivity contribution < 1.29 is 9.21 Å². The number of rotatable bonds is 3. The second kappa shape index (κ2) is 8.45. The molecular formula is C25H31N5O2. The summed E-state index contributed by atoms with van der Waals surface area (Å²) in [6.45, 7) is 11.1. The first-order chi connectivity index (χ1) is 15.5. The number of fused-ring (bicyclic) bond motifs is 1. The van der Waals surface area contributed by atoms with E-state index in [1.165, 1.54) is 23.2 Å². The average molecular weight is 434 g/mol. The van der Waals surface area contributed by atoms with E-state index in [0.29, 0.717) is 30.1 Å². The van der Waals surface area contributed by atoms with E-state index >= 15 is 0 Å². The van der Waals surface area contributed by atoms with E-state index in [0.717, 1.165) is 50.2 Å². The molecule has 0 radical (unpaired) electrons. The molecular weight excluding hydrogens is 402 g/mol. The summed E-state index contributed by atoms with van der Waals surface area (Å²) in [7, 11) is 0. The van der Waals surface area contributed by atoms with Gasteiger partial charge in [-0.15, -0.1) is 0 Å². The minimum Gasteiger partial charge on any atom is -0.442 e. The Bertz CT molecular complexity index is 1140. The van der Waals surface area contributed by atoms with E-state index in [4.69, 9.17) is 4.42 Å². The number of nitrogens with zero attached hydrogens (tertiary/aromatic N) is 5. The smallest absolute Gasteiger partial charge is 0.258 e. The molecule has 2 aliphatic heterocycles. The van der Waals surface area contributed by atoms with Gasteiger partial charge in [0.2, 0.25) is 5.71 Å². The van der Waals surface area contributed by atoms with E-state index in [1.54, 1.807) is 6.33 Å². The van der Waals surface area contributed by atoms with Gasteiger partial charge in [-0.25, -0.2) is 9.97 Å². The molecule has 3 aromatic rings. The number of furan rings is 1. The van der Waals surface area contributed by atoms with Crippen LogP contribution >= 0.6 is 0 Å². The second-order valence-corrected chi connectivity index (χ2v) is 9.03. The van der Waals surface area contributed by atoms with Crippen molar-refractivity contribution >= 4 is 28.5 Å². The Kier molecular flexibility index (Phi) is 5.49. The quantitative estimate of drug-likeness (QED) is 0.620. The maximum Gasteiger partial charge on any atom is 0.258 e. The van der Waals surface area contributed by atoms with Crippen LogP contribution in [0.1, 0.15) is 46.5 Å². The number of piperidine rings is 1. The molecule has 0 spiro atoms. The molecule has 0 N–H and O–H groups in total. The van der Waals surface area contributed by atoms with Gasteiger partial charge in [-0.05, 0) is 57.2 Å². The zero-order valence-corrected chi connectivity index (χ0v) is 19.2. The molecule has 2 aromatic heterocycles. The number of carbonyl (C=O) groups excluding carboxylic acids is 1. The molecule has 7 nitrogen and oxygen atoms in total. The summed E-state index contributed by atoms with van der Waals surface area (Å²) in [6.07, 6.45) is 5.08. The van der Waals surface area contributed by atoms with E-state index < -0.39 is 0 Å². The van der Waals surface area contributed by atoms with Gasteiger partial charge in [-0.1, -0.05) is 12.1 Å². The number of hydrogen-bond donors (Lipinski definition) is 0. The third-order valence-electron chi connectivity index (χ3n) is 6.79. The lowest BCUT2D eigenvalue weighted by molar-refractivity contribution is 0.0746. The van der Waals surface area contributed by atoms with Crippen LogP contribution in [0, 0.1) is 20.8 Å². The van der Waals surface area contributed by atoms with Crippen LogP contribution in [0.5, 0.6) is 0 Å². The van der Waals surface area contributed by atoms with Gasteiger partial charge >= 0.3 is 0 Å². The monoisotopic (exact) mass is 433 g/mol. The molecule has 0 atom stereocenters. The van der Waals surface area contributed by atoms with Crippen molar-refractivity contribution in [3.8, 4) is 0 Å². The predicted octanol–water partition coefficient (Wildman–Crippen LogP) is 4.10. The average Bonchev–Trinajstić information content (AvgIpc) is 3.16. The van der Waals surface area contributed by atoms with Crippen LogP contribution in [-0.4, -0.2) is 60.0 Å². The molecule has 0 aliphatic carbocycles. The largest absolute Gasteiger partial charge is 0.442 e. The molecule has 2 saturated heterocycles. The second-order valence-electron chi connectivity index (χ2n) is 9.03. The molecule has 32 heavy (non-hydrogen) atoms. The molecule has 1 amide bonds. The highest BCUT2D eigenvalue weighted by atomic mass is 16.3. The first-order valence-electron chi connectivity index (χ1n) is 11.6. The summed E-state index contributed by atoms with van der Waals surface area (Å²) in [6, 6.07) is 6.56. The van der Waals surface area contributed by atoms with Crippen LogP contribution in [0.25, 0.3) is 11.1 Å². The lowest BCUT2D eigenvalue weighted by atomic mass is 10.1. The zero-order valence-electron chi connectivity index (χ0n) is 19.2. The van der Waals surface area contributed by atoms with E-state index in [-0.39, 0.29) is 5.91 Å². The Morgan fingerprint density at radius 2 is 1.66 bits per heavy atom. The summed E-state index contributed by atoms with van der Waals surface area (Å²) in [5, 5.41) is 0.772. The normalized spacial score (nSPS) is 17.3. The molecule has 2 aliphatic rings. The highest BCUT2D eigenvalue weighted by Gasteiger charge is 2.30. The number of benzene rings is 1. The van der Waals surface area contributed by atoms with Crippen molar-refractivity contribution in [2.24, 2.45) is 0 Å². The highest BCUT2D eigenvalue weighted by molar-refractivity contribution is 6.10. The topological polar surface area (TPSA) is 65.7 Å². The molecule has 168 valence electrons. The fraction of sp³-hybridized carbons (Fsp3) is 0.480. The van der Waals surface area contributed by atoms with Crippen molar-refractivity contribution in [1.29, 1.82) is 0 Å². The minimum atomic E-state index is 0.0231. The third kappa shape index (κ3) is 3.70. The number of aryl methyl sites for hydroxylation is 3. The number of amides is 1. The highest BCUT2D eigenvalue weighted by Crippen LogP contribution is 2.33. The van der Waals surface area contributed by atoms with Gasteiger partial charge in [-0.2, -0.15) is 0 Å². The molecule has 4 heterocycles. The fourth-order valence-corrected chi connectivity index (χ4v) is 5.00. The van der Waals surface area contributed by atoms with Gasteiger partial charge in [-0.3, -0.25) is 4.79 Å². The number of hydrogen-bond acceptors (Lipinski definition) is 6. The summed E-state index contributed by atoms with van der Waals surface area (Å²) in [5.41, 5.74) is 4.94. The van der Waals surface area contributed by atoms with Crippen molar-refractivity contribution in [2.75, 3.05) is 49.1 Å². The zero-order chi connectivity index (χ0) is 22.2. The van der Waals surface area contributed by atoms with Gasteiger partial charge in [0.15, 0.2) is 0 Å². The third-order valence-corrected chi connectivity index (χ3v) is 6.79. The van der Waals surface area contributed by atoms with Crippen LogP contribution in [0.3, 0.4) is 0 Å². The first kappa shape index (κ1) is 20.8. The molecule has 1 aromatic carbocycles. The summed E-state index contributed by atoms with van der Waals surface area (Å²) >= 11 is 0. The molecule has 0 unspecified atom stereocenters. The Morgan fingerprint density at radius 1 is 0.906 bits per heavy atom. The van der Waals surface area contributed by atoms with Crippen LogP contribution in [-0.2, 0) is 0 Å². The van der Waals surface area contributed by atoms with Crippen molar-refractivity contribution in [3.05, 3.63) is 47.0 Å². The number of carbonyl (C=O) groups is 1. The fourth-order valence-electron chi connectivity index (χ4n) is 5.00. The molecule has 0 bridgehead atoms. The number of anilines is 2. The summed E-state index contributed by atoms with van der Waals surface area (Å²) in [5.74, 6) is 1.49. The Hall–Kier alpha value is -3.09. The number of aromatic nitrogens is 2. The van der Waals surface area contributed by atoms with Crippen molar-refractivity contribution in [3.63, 3.8) is 0 Å². The van der Waals surface area contributed by atoms with Gasteiger partial charge in [0.1, 0.15) is 17.9 Å². The first-order valence-corrected chi connectivity index (χ1v) is 11.6. The Morgan fingerprint density at radius 3 is 2.41 bits per heavy atom. The van der Waals surface area contributed by atoms with Crippen LogP contribution in [0.15, 0.2) is 28.9 Å². The van der Waals surface area contributed by atoms with Gasteiger partial charge < -0.3 is 19.1 Å². The van der Waals surface area contributed by atoms with Crippen molar-refractivity contribution in [2.45, 2.75) is 40.0 Å². The standard InChI is InChI=1S/C25H31N5O2/c1-17-7-8-18(2)20(15-17)28-11-13-30(14-12-28)25(31)21-19(3)32-24-22(21)23(26-16-27-24)29-9-5-4-6-10-29/h7-8,15-16H,4-6,9-14H2,1-3H3. The van der Waals surface area contributed by atoms with E-state index in [9.17, 15) is 4.79 Å². The lowest BCUT2D eigenvalue weighted by Crippen LogP contribution is -2.49. The lowest BCUT2D eigenvalue weighted by Gasteiger charge is -2.37. The summed E-state index contributed by atoms with van der Waals surface area (Å²) in [4.78, 5) is 29.2.